The van der Waals surface area contributed by atoms with Crippen LogP contribution in [-0.2, 0) is 15.1 Å². The van der Waals surface area contributed by atoms with E-state index < -0.39 is 30.0 Å². The number of esters is 1. The number of hydrogen-bond donors (Lipinski definition) is 1. The molecule has 1 saturated heterocycles. The monoisotopic (exact) mass is 416 g/mol. The van der Waals surface area contributed by atoms with Gasteiger partial charge in [-0.05, 0) is 60.5 Å². The van der Waals surface area contributed by atoms with Crippen LogP contribution in [-0.4, -0.2) is 35.1 Å². The van der Waals surface area contributed by atoms with Crippen molar-refractivity contribution in [3.8, 4) is 5.75 Å². The zero-order valence-corrected chi connectivity index (χ0v) is 17.0. The van der Waals surface area contributed by atoms with Crippen LogP contribution in [0.5, 0.6) is 5.75 Å². The highest BCUT2D eigenvalue weighted by Crippen LogP contribution is 2.31. The zero-order valence-electron chi connectivity index (χ0n) is 17.0. The van der Waals surface area contributed by atoms with Crippen LogP contribution in [0, 0.1) is 0 Å². The van der Waals surface area contributed by atoms with E-state index >= 15 is 0 Å². The third-order valence-electron chi connectivity index (χ3n) is 5.38. The number of nitrogens with one attached hydrogen (secondary N) is 1. The number of rotatable bonds is 5. The van der Waals surface area contributed by atoms with E-state index in [2.05, 4.69) is 5.32 Å². The third-order valence-corrected chi connectivity index (χ3v) is 5.38. The molecule has 31 heavy (non-hydrogen) atoms. The molecule has 1 aliphatic rings. The second-order valence-corrected chi connectivity index (χ2v) is 7.56. The first-order valence-electron chi connectivity index (χ1n) is 9.73. The lowest BCUT2D eigenvalue weighted by Crippen LogP contribution is -2.42. The number of urea groups is 1. The number of amides is 3. The number of ketones is 1. The van der Waals surface area contributed by atoms with Gasteiger partial charge in [0.05, 0.1) is 0 Å². The maximum absolute atomic E-state index is 13.1. The summed E-state index contributed by atoms with van der Waals surface area (Å²) in [4.78, 5) is 50.1. The standard InChI is InChI=1S/C24H20N2O5/c1-15(27)16-8-11-20(12-9-16)31-21(28)14-26-22(29)24(2,25-23(26)30)19-10-7-17-5-3-4-6-18(17)13-19/h3-13H,14H2,1-2H3,(H,25,30). The van der Waals surface area contributed by atoms with E-state index in [0.717, 1.165) is 15.7 Å². The Balaban J connectivity index is 1.50. The Morgan fingerprint density at radius 3 is 2.32 bits per heavy atom. The van der Waals surface area contributed by atoms with Crippen molar-refractivity contribution in [1.82, 2.24) is 10.2 Å². The molecule has 1 fully saturated rings. The van der Waals surface area contributed by atoms with Gasteiger partial charge < -0.3 is 10.1 Å². The fourth-order valence-corrected chi connectivity index (χ4v) is 3.59. The number of carbonyl (C=O) groups is 4. The molecule has 3 amide bonds. The van der Waals surface area contributed by atoms with Gasteiger partial charge in [-0.25, -0.2) is 9.59 Å². The average molecular weight is 416 g/mol. The lowest BCUT2D eigenvalue weighted by Gasteiger charge is -2.22. The number of hydrogen-bond acceptors (Lipinski definition) is 5. The van der Waals surface area contributed by atoms with Crippen molar-refractivity contribution in [3.63, 3.8) is 0 Å². The Morgan fingerprint density at radius 2 is 1.65 bits per heavy atom. The van der Waals surface area contributed by atoms with Crippen molar-refractivity contribution in [3.05, 3.63) is 77.9 Å². The largest absolute Gasteiger partial charge is 0.425 e. The van der Waals surface area contributed by atoms with Gasteiger partial charge in [-0.1, -0.05) is 36.4 Å². The first-order chi connectivity index (χ1) is 14.8. The van der Waals surface area contributed by atoms with E-state index in [-0.39, 0.29) is 11.5 Å². The van der Waals surface area contributed by atoms with Crippen molar-refractivity contribution < 1.29 is 23.9 Å². The Kier molecular flexibility index (Phi) is 5.02. The molecule has 0 aliphatic carbocycles. The molecule has 4 rings (SSSR count). The number of carbonyl (C=O) groups excluding carboxylic acids is 4. The average Bonchev–Trinajstić information content (AvgIpc) is 2.97. The molecule has 7 nitrogen and oxygen atoms in total. The first kappa shape index (κ1) is 20.3. The van der Waals surface area contributed by atoms with Crippen LogP contribution in [0.1, 0.15) is 29.8 Å². The Bertz CT molecular complexity index is 1220. The van der Waals surface area contributed by atoms with E-state index in [0.29, 0.717) is 11.1 Å². The molecule has 156 valence electrons. The molecule has 0 spiro atoms. The number of benzene rings is 3. The summed E-state index contributed by atoms with van der Waals surface area (Å²) in [6, 6.07) is 18.6. The van der Waals surface area contributed by atoms with Gasteiger partial charge in [-0.15, -0.1) is 0 Å². The van der Waals surface area contributed by atoms with Crippen molar-refractivity contribution in [2.24, 2.45) is 0 Å². The molecule has 1 N–H and O–H groups in total. The van der Waals surface area contributed by atoms with Crippen molar-refractivity contribution in [2.75, 3.05) is 6.54 Å². The molecule has 0 bridgehead atoms. The maximum atomic E-state index is 13.1. The minimum Gasteiger partial charge on any atom is -0.425 e. The van der Waals surface area contributed by atoms with Gasteiger partial charge in [-0.3, -0.25) is 14.5 Å². The van der Waals surface area contributed by atoms with Gasteiger partial charge in [0, 0.05) is 5.56 Å². The van der Waals surface area contributed by atoms with Crippen LogP contribution < -0.4 is 10.1 Å². The number of imide groups is 1. The molecule has 0 aromatic heterocycles. The molecule has 0 saturated carbocycles. The minimum absolute atomic E-state index is 0.106. The smallest absolute Gasteiger partial charge is 0.331 e. The lowest BCUT2D eigenvalue weighted by molar-refractivity contribution is -0.140. The third kappa shape index (κ3) is 3.77. The summed E-state index contributed by atoms with van der Waals surface area (Å²) in [6.45, 7) is 2.52. The van der Waals surface area contributed by atoms with Gasteiger partial charge in [0.2, 0.25) is 0 Å². The number of nitrogens with zero attached hydrogens (tertiary/aromatic N) is 1. The molecule has 3 aromatic carbocycles. The fourth-order valence-electron chi connectivity index (χ4n) is 3.59. The van der Waals surface area contributed by atoms with Crippen LogP contribution >= 0.6 is 0 Å². The predicted octanol–water partition coefficient (Wildman–Crippen LogP) is 3.42. The minimum atomic E-state index is -1.29. The van der Waals surface area contributed by atoms with Crippen molar-refractivity contribution in [1.29, 1.82) is 0 Å². The van der Waals surface area contributed by atoms with Crippen molar-refractivity contribution in [2.45, 2.75) is 19.4 Å². The molecule has 7 heteroatoms. The Labute approximate surface area is 178 Å². The highest BCUT2D eigenvalue weighted by molar-refractivity contribution is 6.09. The second kappa shape index (κ2) is 7.68. The highest BCUT2D eigenvalue weighted by atomic mass is 16.5. The summed E-state index contributed by atoms with van der Waals surface area (Å²) in [5.74, 6) is -1.18. The summed E-state index contributed by atoms with van der Waals surface area (Å²) in [7, 11) is 0. The molecule has 3 aromatic rings. The zero-order chi connectivity index (χ0) is 22.2. The van der Waals surface area contributed by atoms with Crippen LogP contribution in [0.25, 0.3) is 10.8 Å². The quantitative estimate of drug-likeness (QED) is 0.298. The molecular weight excluding hydrogens is 396 g/mol. The topological polar surface area (TPSA) is 92.8 Å². The maximum Gasteiger partial charge on any atom is 0.331 e. The Morgan fingerprint density at radius 1 is 0.968 bits per heavy atom. The predicted molar refractivity (Wildman–Crippen MR) is 114 cm³/mol. The van der Waals surface area contributed by atoms with Gasteiger partial charge >= 0.3 is 12.0 Å². The molecular formula is C24H20N2O5. The Hall–Kier alpha value is -4.00. The summed E-state index contributed by atoms with van der Waals surface area (Å²) in [5.41, 5.74) is -0.176. The molecule has 0 radical (unpaired) electrons. The summed E-state index contributed by atoms with van der Waals surface area (Å²) < 4.78 is 5.22. The number of fused-ring (bicyclic) bond motifs is 1. The summed E-state index contributed by atoms with van der Waals surface area (Å²) in [6.07, 6.45) is 0. The normalized spacial score (nSPS) is 18.2. The fraction of sp³-hybridized carbons (Fsp3) is 0.167. The number of Topliss-reactive ketones (excluding diaryl/α,β-unsaturated/α-hetero) is 1. The van der Waals surface area contributed by atoms with Gasteiger partial charge in [0.25, 0.3) is 5.91 Å². The molecule has 1 unspecified atom stereocenters. The van der Waals surface area contributed by atoms with E-state index in [1.54, 1.807) is 13.0 Å². The van der Waals surface area contributed by atoms with Crippen LogP contribution in [0.2, 0.25) is 0 Å². The van der Waals surface area contributed by atoms with Crippen LogP contribution in [0.4, 0.5) is 4.79 Å². The molecule has 1 heterocycles. The first-order valence-corrected chi connectivity index (χ1v) is 9.73. The van der Waals surface area contributed by atoms with E-state index in [1.165, 1.54) is 31.2 Å². The lowest BCUT2D eigenvalue weighted by atomic mass is 9.90. The van der Waals surface area contributed by atoms with E-state index in [9.17, 15) is 19.2 Å². The summed E-state index contributed by atoms with van der Waals surface area (Å²) >= 11 is 0. The molecule has 1 aliphatic heterocycles. The van der Waals surface area contributed by atoms with E-state index in [1.807, 2.05) is 36.4 Å². The number of ether oxygens (including phenoxy) is 1. The van der Waals surface area contributed by atoms with Crippen molar-refractivity contribution >= 4 is 34.5 Å². The van der Waals surface area contributed by atoms with Gasteiger partial charge in [-0.2, -0.15) is 0 Å². The van der Waals surface area contributed by atoms with E-state index in [4.69, 9.17) is 4.74 Å². The van der Waals surface area contributed by atoms with Gasteiger partial charge in [0.1, 0.15) is 17.8 Å². The van der Waals surface area contributed by atoms with Gasteiger partial charge in [0.15, 0.2) is 5.78 Å². The second-order valence-electron chi connectivity index (χ2n) is 7.56. The summed E-state index contributed by atoms with van der Waals surface area (Å²) in [5, 5.41) is 4.65. The van der Waals surface area contributed by atoms with Crippen LogP contribution in [0.15, 0.2) is 66.7 Å². The highest BCUT2D eigenvalue weighted by Gasteiger charge is 2.49. The SMILES string of the molecule is CC(=O)c1ccc(OC(=O)CN2C(=O)NC(C)(c3ccc4ccccc4c3)C2=O)cc1. The van der Waals surface area contributed by atoms with Crippen LogP contribution in [0.3, 0.4) is 0 Å². The molecule has 1 atom stereocenters.